The van der Waals surface area contributed by atoms with E-state index in [1.54, 1.807) is 4.90 Å². The van der Waals surface area contributed by atoms with Crippen molar-refractivity contribution in [2.24, 2.45) is 5.92 Å². The van der Waals surface area contributed by atoms with Crippen LogP contribution in [0, 0.1) is 5.92 Å². The first-order valence-corrected chi connectivity index (χ1v) is 7.25. The summed E-state index contributed by atoms with van der Waals surface area (Å²) in [4.78, 5) is 38.7. The van der Waals surface area contributed by atoms with Gasteiger partial charge in [-0.1, -0.05) is 0 Å². The van der Waals surface area contributed by atoms with Crippen LogP contribution in [0.4, 0.5) is 0 Å². The van der Waals surface area contributed by atoms with Crippen molar-refractivity contribution in [1.82, 2.24) is 9.80 Å². The molecule has 2 rings (SSSR count). The van der Waals surface area contributed by atoms with E-state index in [1.165, 1.54) is 7.11 Å². The van der Waals surface area contributed by atoms with Crippen molar-refractivity contribution in [3.63, 3.8) is 0 Å². The molecule has 0 unspecified atom stereocenters. The second-order valence-electron chi connectivity index (χ2n) is 5.41. The van der Waals surface area contributed by atoms with Gasteiger partial charge in [0.2, 0.25) is 11.8 Å². The monoisotopic (exact) mass is 282 g/mol. The van der Waals surface area contributed by atoms with E-state index >= 15 is 0 Å². The Morgan fingerprint density at radius 3 is 2.30 bits per heavy atom. The first kappa shape index (κ1) is 14.8. The summed E-state index contributed by atoms with van der Waals surface area (Å²) in [6.07, 6.45) is 3.14. The van der Waals surface area contributed by atoms with Crippen LogP contribution in [0.1, 0.15) is 32.1 Å². The van der Waals surface area contributed by atoms with Crippen LogP contribution in [-0.4, -0.2) is 60.9 Å². The number of methoxy groups -OCH3 is 1. The summed E-state index contributed by atoms with van der Waals surface area (Å²) in [5, 5.41) is 0. The van der Waals surface area contributed by atoms with Crippen molar-refractivity contribution in [2.75, 3.05) is 33.3 Å². The zero-order chi connectivity index (χ0) is 14.5. The van der Waals surface area contributed by atoms with Gasteiger partial charge >= 0.3 is 5.97 Å². The molecule has 2 amide bonds. The van der Waals surface area contributed by atoms with Crippen LogP contribution < -0.4 is 0 Å². The van der Waals surface area contributed by atoms with Crippen molar-refractivity contribution in [2.45, 2.75) is 32.1 Å². The second-order valence-corrected chi connectivity index (χ2v) is 5.41. The largest absolute Gasteiger partial charge is 0.469 e. The molecule has 0 aromatic rings. The zero-order valence-electron chi connectivity index (χ0n) is 12.0. The highest BCUT2D eigenvalue weighted by atomic mass is 16.5. The summed E-state index contributed by atoms with van der Waals surface area (Å²) in [7, 11) is 1.32. The minimum atomic E-state index is -0.362. The minimum Gasteiger partial charge on any atom is -0.469 e. The Balaban J connectivity index is 1.78. The molecule has 6 heteroatoms. The highest BCUT2D eigenvalue weighted by Gasteiger charge is 2.34. The highest BCUT2D eigenvalue weighted by molar-refractivity contribution is 5.82. The Bertz CT molecular complexity index is 393. The third-order valence-electron chi connectivity index (χ3n) is 3.86. The summed E-state index contributed by atoms with van der Waals surface area (Å²) >= 11 is 0. The number of esters is 1. The Morgan fingerprint density at radius 1 is 1.00 bits per heavy atom. The van der Waals surface area contributed by atoms with Crippen LogP contribution in [0.15, 0.2) is 0 Å². The van der Waals surface area contributed by atoms with Gasteiger partial charge in [0.25, 0.3) is 0 Å². The average Bonchev–Trinajstić information content (AvgIpc) is 3.28. The van der Waals surface area contributed by atoms with Gasteiger partial charge in [-0.2, -0.15) is 0 Å². The Kier molecular flexibility index (Phi) is 4.98. The van der Waals surface area contributed by atoms with Gasteiger partial charge in [0.1, 0.15) is 0 Å². The average molecular weight is 282 g/mol. The van der Waals surface area contributed by atoms with E-state index in [0.29, 0.717) is 19.6 Å². The number of carbonyl (C=O) groups excluding carboxylic acids is 3. The van der Waals surface area contributed by atoms with Crippen LogP contribution in [0.3, 0.4) is 0 Å². The number of nitrogens with zero attached hydrogens (tertiary/aromatic N) is 2. The molecular formula is C14H22N2O4. The van der Waals surface area contributed by atoms with Gasteiger partial charge in [0, 0.05) is 38.5 Å². The maximum Gasteiger partial charge on any atom is 0.306 e. The third-order valence-corrected chi connectivity index (χ3v) is 3.86. The number of rotatable bonds is 4. The number of amides is 2. The first-order valence-electron chi connectivity index (χ1n) is 7.25. The van der Waals surface area contributed by atoms with E-state index < -0.39 is 0 Å². The molecule has 1 aliphatic carbocycles. The van der Waals surface area contributed by atoms with E-state index in [4.69, 9.17) is 0 Å². The smallest absolute Gasteiger partial charge is 0.306 e. The predicted molar refractivity (Wildman–Crippen MR) is 71.8 cm³/mol. The molecule has 0 atom stereocenters. The van der Waals surface area contributed by atoms with Crippen LogP contribution in [0.25, 0.3) is 0 Å². The Labute approximate surface area is 119 Å². The molecule has 0 aromatic carbocycles. The molecule has 0 bridgehead atoms. The number of carbonyl (C=O) groups is 3. The normalized spacial score (nSPS) is 19.4. The van der Waals surface area contributed by atoms with E-state index in [9.17, 15) is 14.4 Å². The van der Waals surface area contributed by atoms with Gasteiger partial charge in [0.15, 0.2) is 0 Å². The Hall–Kier alpha value is -1.59. The summed E-state index contributed by atoms with van der Waals surface area (Å²) in [6.45, 7) is 2.57. The molecule has 0 spiro atoms. The highest BCUT2D eigenvalue weighted by Crippen LogP contribution is 2.31. The molecule has 1 aliphatic heterocycles. The second kappa shape index (κ2) is 6.72. The summed E-state index contributed by atoms with van der Waals surface area (Å²) < 4.78 is 4.53. The molecule has 1 heterocycles. The molecule has 6 nitrogen and oxygen atoms in total. The molecule has 1 saturated carbocycles. The zero-order valence-corrected chi connectivity index (χ0v) is 12.0. The van der Waals surface area contributed by atoms with Crippen LogP contribution in [-0.2, 0) is 19.1 Å². The minimum absolute atomic E-state index is 0.0314. The summed E-state index contributed by atoms with van der Waals surface area (Å²) in [6, 6.07) is 0. The SMILES string of the molecule is COC(=O)CCC(=O)N1CCCN(C(=O)C2CC2)CC1. The fourth-order valence-corrected chi connectivity index (χ4v) is 2.44. The standard InChI is InChI=1S/C14H22N2O4/c1-20-13(18)6-5-12(17)15-7-2-8-16(10-9-15)14(19)11-3-4-11/h11H,2-10H2,1H3. The van der Waals surface area contributed by atoms with Crippen molar-refractivity contribution < 1.29 is 19.1 Å². The maximum absolute atomic E-state index is 12.0. The van der Waals surface area contributed by atoms with Crippen molar-refractivity contribution in [3.05, 3.63) is 0 Å². The van der Waals surface area contributed by atoms with Crippen molar-refractivity contribution >= 4 is 17.8 Å². The molecule has 0 N–H and O–H groups in total. The van der Waals surface area contributed by atoms with Gasteiger partial charge in [0.05, 0.1) is 13.5 Å². The van der Waals surface area contributed by atoms with E-state index in [1.807, 2.05) is 4.90 Å². The molecule has 20 heavy (non-hydrogen) atoms. The maximum atomic E-state index is 12.0. The third kappa shape index (κ3) is 3.95. The fraction of sp³-hybridized carbons (Fsp3) is 0.786. The predicted octanol–water partition coefficient (Wildman–Crippen LogP) is 0.410. The number of ether oxygens (including phenoxy) is 1. The van der Waals surface area contributed by atoms with E-state index in [0.717, 1.165) is 25.8 Å². The quantitative estimate of drug-likeness (QED) is 0.701. The molecule has 0 aromatic heterocycles. The number of hydrogen-bond acceptors (Lipinski definition) is 4. The number of hydrogen-bond donors (Lipinski definition) is 0. The molecule has 1 saturated heterocycles. The topological polar surface area (TPSA) is 66.9 Å². The molecule has 0 radical (unpaired) electrons. The lowest BCUT2D eigenvalue weighted by Crippen LogP contribution is -2.38. The molecule has 2 fully saturated rings. The van der Waals surface area contributed by atoms with Crippen LogP contribution in [0.5, 0.6) is 0 Å². The summed E-state index contributed by atoms with van der Waals surface area (Å²) in [5.74, 6) is 0.0836. The van der Waals surface area contributed by atoms with Gasteiger partial charge in [-0.05, 0) is 19.3 Å². The fourth-order valence-electron chi connectivity index (χ4n) is 2.44. The summed E-state index contributed by atoms with van der Waals surface area (Å²) in [5.41, 5.74) is 0. The van der Waals surface area contributed by atoms with Crippen LogP contribution in [0.2, 0.25) is 0 Å². The van der Waals surface area contributed by atoms with Crippen LogP contribution >= 0.6 is 0 Å². The van der Waals surface area contributed by atoms with Crippen molar-refractivity contribution in [3.8, 4) is 0 Å². The lowest BCUT2D eigenvalue weighted by atomic mass is 10.2. The molecule has 2 aliphatic rings. The molecule has 112 valence electrons. The van der Waals surface area contributed by atoms with Gasteiger partial charge in [-0.15, -0.1) is 0 Å². The lowest BCUT2D eigenvalue weighted by Gasteiger charge is -2.22. The molecular weight excluding hydrogens is 260 g/mol. The van der Waals surface area contributed by atoms with Gasteiger partial charge in [-0.3, -0.25) is 14.4 Å². The van der Waals surface area contributed by atoms with Gasteiger partial charge < -0.3 is 14.5 Å². The Morgan fingerprint density at radius 2 is 1.65 bits per heavy atom. The van der Waals surface area contributed by atoms with Crippen molar-refractivity contribution in [1.29, 1.82) is 0 Å². The van der Waals surface area contributed by atoms with E-state index in [-0.39, 0.29) is 36.5 Å². The van der Waals surface area contributed by atoms with Gasteiger partial charge in [-0.25, -0.2) is 0 Å². The lowest BCUT2D eigenvalue weighted by molar-refractivity contribution is -0.143. The first-order chi connectivity index (χ1) is 9.61. The van der Waals surface area contributed by atoms with E-state index in [2.05, 4.69) is 4.74 Å².